The van der Waals surface area contributed by atoms with Crippen LogP contribution in [0.1, 0.15) is 10.4 Å². The standard InChI is InChI=1S/C21H13ClN2O3/c22-19-12-14(13-25)6-11-18(19)20-23-21(27-24-20)15-7-9-17(10-8-15)26-16-4-2-1-3-5-16/h1-13H. The Labute approximate surface area is 160 Å². The van der Waals surface area contributed by atoms with E-state index in [1.807, 2.05) is 54.6 Å². The molecule has 1 heterocycles. The second-order valence-corrected chi connectivity index (χ2v) is 6.13. The van der Waals surface area contributed by atoms with Crippen LogP contribution in [0.3, 0.4) is 0 Å². The van der Waals surface area contributed by atoms with Gasteiger partial charge in [0.1, 0.15) is 17.8 Å². The summed E-state index contributed by atoms with van der Waals surface area (Å²) in [7, 11) is 0. The fourth-order valence-corrected chi connectivity index (χ4v) is 2.80. The van der Waals surface area contributed by atoms with E-state index >= 15 is 0 Å². The van der Waals surface area contributed by atoms with Crippen molar-refractivity contribution in [1.29, 1.82) is 0 Å². The first kappa shape index (κ1) is 17.0. The molecule has 0 aliphatic rings. The van der Waals surface area contributed by atoms with Crippen LogP contribution in [-0.2, 0) is 0 Å². The topological polar surface area (TPSA) is 65.2 Å². The van der Waals surface area contributed by atoms with Crippen molar-refractivity contribution < 1.29 is 14.1 Å². The largest absolute Gasteiger partial charge is 0.457 e. The Hall–Kier alpha value is -3.44. The summed E-state index contributed by atoms with van der Waals surface area (Å²) in [6.45, 7) is 0. The van der Waals surface area contributed by atoms with E-state index in [4.69, 9.17) is 20.9 Å². The monoisotopic (exact) mass is 376 g/mol. The smallest absolute Gasteiger partial charge is 0.258 e. The SMILES string of the molecule is O=Cc1ccc(-c2noc(-c3ccc(Oc4ccccc4)cc3)n2)c(Cl)c1. The Kier molecular flexibility index (Phi) is 4.68. The van der Waals surface area contributed by atoms with Gasteiger partial charge in [0.25, 0.3) is 5.89 Å². The van der Waals surface area contributed by atoms with Crippen molar-refractivity contribution in [3.8, 4) is 34.3 Å². The number of benzene rings is 3. The minimum Gasteiger partial charge on any atom is -0.457 e. The van der Waals surface area contributed by atoms with Crippen LogP contribution >= 0.6 is 11.6 Å². The Balaban J connectivity index is 1.55. The predicted molar refractivity (Wildman–Crippen MR) is 102 cm³/mol. The van der Waals surface area contributed by atoms with Gasteiger partial charge in [0.2, 0.25) is 5.82 Å². The Morgan fingerprint density at radius 3 is 2.37 bits per heavy atom. The number of aldehydes is 1. The van der Waals surface area contributed by atoms with Gasteiger partial charge in [-0.15, -0.1) is 0 Å². The molecule has 0 radical (unpaired) electrons. The summed E-state index contributed by atoms with van der Waals surface area (Å²) < 4.78 is 11.1. The normalized spacial score (nSPS) is 10.6. The zero-order chi connectivity index (χ0) is 18.6. The van der Waals surface area contributed by atoms with Gasteiger partial charge in [-0.05, 0) is 48.5 Å². The number of para-hydroxylation sites is 1. The minimum atomic E-state index is 0.358. The summed E-state index contributed by atoms with van der Waals surface area (Å²) in [5.74, 6) is 2.19. The molecule has 0 N–H and O–H groups in total. The fraction of sp³-hybridized carbons (Fsp3) is 0. The highest BCUT2D eigenvalue weighted by Crippen LogP contribution is 2.29. The number of rotatable bonds is 5. The van der Waals surface area contributed by atoms with Gasteiger partial charge in [0.15, 0.2) is 0 Å². The molecule has 4 aromatic rings. The molecular formula is C21H13ClN2O3. The van der Waals surface area contributed by atoms with Gasteiger partial charge in [-0.2, -0.15) is 4.98 Å². The summed E-state index contributed by atoms with van der Waals surface area (Å²) in [5, 5.41) is 4.37. The zero-order valence-electron chi connectivity index (χ0n) is 14.0. The van der Waals surface area contributed by atoms with E-state index in [0.29, 0.717) is 33.6 Å². The van der Waals surface area contributed by atoms with Crippen molar-refractivity contribution in [2.45, 2.75) is 0 Å². The van der Waals surface area contributed by atoms with Gasteiger partial charge in [-0.25, -0.2) is 0 Å². The molecule has 0 amide bonds. The van der Waals surface area contributed by atoms with E-state index < -0.39 is 0 Å². The number of nitrogens with zero attached hydrogens (tertiary/aromatic N) is 2. The lowest BCUT2D eigenvalue weighted by Crippen LogP contribution is -1.86. The molecule has 27 heavy (non-hydrogen) atoms. The molecule has 0 atom stereocenters. The highest BCUT2D eigenvalue weighted by Gasteiger charge is 2.14. The number of hydrogen-bond donors (Lipinski definition) is 0. The lowest BCUT2D eigenvalue weighted by Gasteiger charge is -2.05. The second kappa shape index (κ2) is 7.43. The van der Waals surface area contributed by atoms with Crippen molar-refractivity contribution in [1.82, 2.24) is 10.1 Å². The summed E-state index contributed by atoms with van der Waals surface area (Å²) >= 11 is 6.20. The lowest BCUT2D eigenvalue weighted by atomic mass is 10.1. The van der Waals surface area contributed by atoms with Gasteiger partial charge in [0, 0.05) is 16.7 Å². The molecule has 0 aliphatic carbocycles. The Morgan fingerprint density at radius 2 is 1.67 bits per heavy atom. The van der Waals surface area contributed by atoms with Crippen molar-refractivity contribution in [2.24, 2.45) is 0 Å². The van der Waals surface area contributed by atoms with Crippen molar-refractivity contribution in [2.75, 3.05) is 0 Å². The average molecular weight is 377 g/mol. The van der Waals surface area contributed by atoms with E-state index in [1.165, 1.54) is 0 Å². The quantitative estimate of drug-likeness (QED) is 0.420. The first-order valence-electron chi connectivity index (χ1n) is 8.15. The predicted octanol–water partition coefficient (Wildman–Crippen LogP) is 5.66. The summed E-state index contributed by atoms with van der Waals surface area (Å²) in [6.07, 6.45) is 0.733. The number of hydrogen-bond acceptors (Lipinski definition) is 5. The maximum absolute atomic E-state index is 10.8. The number of carbonyl (C=O) groups excluding carboxylic acids is 1. The molecule has 132 valence electrons. The molecule has 0 saturated carbocycles. The summed E-state index contributed by atoms with van der Waals surface area (Å²) in [6, 6.07) is 21.8. The molecule has 0 unspecified atom stereocenters. The number of halogens is 1. The molecule has 0 saturated heterocycles. The summed E-state index contributed by atoms with van der Waals surface area (Å²) in [4.78, 5) is 15.2. The molecule has 0 aliphatic heterocycles. The molecule has 0 bridgehead atoms. The van der Waals surface area contributed by atoms with Crippen LogP contribution in [-0.4, -0.2) is 16.4 Å². The van der Waals surface area contributed by atoms with Gasteiger partial charge in [-0.3, -0.25) is 4.79 Å². The highest BCUT2D eigenvalue weighted by molar-refractivity contribution is 6.33. The number of aromatic nitrogens is 2. The first-order chi connectivity index (χ1) is 13.2. The van der Waals surface area contributed by atoms with Gasteiger partial charge in [0.05, 0.1) is 5.02 Å². The second-order valence-electron chi connectivity index (χ2n) is 5.72. The van der Waals surface area contributed by atoms with Gasteiger partial charge in [-0.1, -0.05) is 41.0 Å². The highest BCUT2D eigenvalue weighted by atomic mass is 35.5. The molecule has 1 aromatic heterocycles. The molecule has 0 fully saturated rings. The van der Waals surface area contributed by atoms with E-state index in [-0.39, 0.29) is 0 Å². The maximum atomic E-state index is 10.8. The lowest BCUT2D eigenvalue weighted by molar-refractivity contribution is 0.112. The van der Waals surface area contributed by atoms with Gasteiger partial charge >= 0.3 is 0 Å². The third-order valence-corrected chi connectivity index (χ3v) is 4.19. The van der Waals surface area contributed by atoms with E-state index in [1.54, 1.807) is 18.2 Å². The van der Waals surface area contributed by atoms with Crippen LogP contribution in [0.15, 0.2) is 77.3 Å². The van der Waals surface area contributed by atoms with Crippen LogP contribution in [0.2, 0.25) is 5.02 Å². The molecule has 0 spiro atoms. The average Bonchev–Trinajstić information content (AvgIpc) is 3.19. The van der Waals surface area contributed by atoms with Crippen LogP contribution in [0.5, 0.6) is 11.5 Å². The van der Waals surface area contributed by atoms with Crippen molar-refractivity contribution >= 4 is 17.9 Å². The minimum absolute atomic E-state index is 0.358. The fourth-order valence-electron chi connectivity index (χ4n) is 2.53. The van der Waals surface area contributed by atoms with Crippen LogP contribution in [0.25, 0.3) is 22.8 Å². The zero-order valence-corrected chi connectivity index (χ0v) is 14.8. The van der Waals surface area contributed by atoms with E-state index in [0.717, 1.165) is 17.6 Å². The molecule has 6 heteroatoms. The first-order valence-corrected chi connectivity index (χ1v) is 8.53. The van der Waals surface area contributed by atoms with Crippen LogP contribution in [0, 0.1) is 0 Å². The third kappa shape index (κ3) is 3.73. The summed E-state index contributed by atoms with van der Waals surface area (Å²) in [5.41, 5.74) is 1.84. The Bertz CT molecular complexity index is 1080. The van der Waals surface area contributed by atoms with Crippen molar-refractivity contribution in [3.63, 3.8) is 0 Å². The molecule has 3 aromatic carbocycles. The van der Waals surface area contributed by atoms with E-state index in [2.05, 4.69) is 10.1 Å². The maximum Gasteiger partial charge on any atom is 0.258 e. The Morgan fingerprint density at radius 1 is 0.926 bits per heavy atom. The molecule has 4 rings (SSSR count). The van der Waals surface area contributed by atoms with Crippen LogP contribution in [0.4, 0.5) is 0 Å². The van der Waals surface area contributed by atoms with Crippen molar-refractivity contribution in [3.05, 3.63) is 83.4 Å². The molecular weight excluding hydrogens is 364 g/mol. The molecule has 5 nitrogen and oxygen atoms in total. The third-order valence-electron chi connectivity index (χ3n) is 3.88. The van der Waals surface area contributed by atoms with E-state index in [9.17, 15) is 4.79 Å². The number of carbonyl (C=O) groups is 1. The van der Waals surface area contributed by atoms with Crippen LogP contribution < -0.4 is 4.74 Å². The van der Waals surface area contributed by atoms with Gasteiger partial charge < -0.3 is 9.26 Å². The number of ether oxygens (including phenoxy) is 1.